The molecule has 4 N–H and O–H groups in total. The SMILES string of the molecule is Nc1cc(S(=O)(=O)Nc2ccn[nH]2)ccc1Cl. The van der Waals surface area contributed by atoms with Gasteiger partial charge in [0.25, 0.3) is 10.0 Å². The van der Waals surface area contributed by atoms with Gasteiger partial charge in [0.1, 0.15) is 5.82 Å². The molecule has 17 heavy (non-hydrogen) atoms. The van der Waals surface area contributed by atoms with Crippen LogP contribution < -0.4 is 10.5 Å². The van der Waals surface area contributed by atoms with Crippen molar-refractivity contribution >= 4 is 33.1 Å². The molecule has 90 valence electrons. The Morgan fingerprint density at radius 1 is 1.35 bits per heavy atom. The first-order valence-corrected chi connectivity index (χ1v) is 6.42. The minimum absolute atomic E-state index is 0.0361. The second kappa shape index (κ2) is 4.27. The highest BCUT2D eigenvalue weighted by Crippen LogP contribution is 2.23. The molecule has 1 heterocycles. The van der Waals surface area contributed by atoms with Gasteiger partial charge < -0.3 is 5.73 Å². The number of benzene rings is 1. The zero-order valence-electron chi connectivity index (χ0n) is 8.51. The van der Waals surface area contributed by atoms with Crippen molar-refractivity contribution in [2.45, 2.75) is 4.90 Å². The van der Waals surface area contributed by atoms with Gasteiger partial charge in [-0.2, -0.15) is 5.10 Å². The highest BCUT2D eigenvalue weighted by molar-refractivity contribution is 7.92. The van der Waals surface area contributed by atoms with Gasteiger partial charge in [-0.15, -0.1) is 0 Å². The molecule has 0 radical (unpaired) electrons. The van der Waals surface area contributed by atoms with Crippen molar-refractivity contribution in [1.29, 1.82) is 0 Å². The Morgan fingerprint density at radius 2 is 2.12 bits per heavy atom. The monoisotopic (exact) mass is 272 g/mol. The Bertz CT molecular complexity index is 624. The summed E-state index contributed by atoms with van der Waals surface area (Å²) in [6.07, 6.45) is 1.44. The zero-order chi connectivity index (χ0) is 12.5. The van der Waals surface area contributed by atoms with E-state index in [1.165, 1.54) is 30.5 Å². The zero-order valence-corrected chi connectivity index (χ0v) is 10.1. The Kier molecular flexibility index (Phi) is 2.95. The van der Waals surface area contributed by atoms with Crippen LogP contribution in [0.25, 0.3) is 0 Å². The maximum atomic E-state index is 11.9. The van der Waals surface area contributed by atoms with Crippen molar-refractivity contribution < 1.29 is 8.42 Å². The molecular weight excluding hydrogens is 264 g/mol. The molecule has 0 unspecified atom stereocenters. The lowest BCUT2D eigenvalue weighted by molar-refractivity contribution is 0.601. The molecule has 2 aromatic rings. The first kappa shape index (κ1) is 11.7. The summed E-state index contributed by atoms with van der Waals surface area (Å²) >= 11 is 5.72. The predicted molar refractivity (Wildman–Crippen MR) is 65.3 cm³/mol. The lowest BCUT2D eigenvalue weighted by Gasteiger charge is -2.07. The summed E-state index contributed by atoms with van der Waals surface area (Å²) < 4.78 is 26.1. The average Bonchev–Trinajstić information content (AvgIpc) is 2.73. The fourth-order valence-corrected chi connectivity index (χ4v) is 2.37. The highest BCUT2D eigenvalue weighted by Gasteiger charge is 2.15. The van der Waals surface area contributed by atoms with E-state index < -0.39 is 10.0 Å². The van der Waals surface area contributed by atoms with Crippen molar-refractivity contribution in [3.63, 3.8) is 0 Å². The average molecular weight is 273 g/mol. The second-order valence-electron chi connectivity index (χ2n) is 3.26. The van der Waals surface area contributed by atoms with Crippen LogP contribution in [0.15, 0.2) is 35.4 Å². The number of nitrogen functional groups attached to an aromatic ring is 1. The summed E-state index contributed by atoms with van der Waals surface area (Å²) in [6.45, 7) is 0. The van der Waals surface area contributed by atoms with E-state index in [1.54, 1.807) is 0 Å². The molecule has 0 aliphatic rings. The van der Waals surface area contributed by atoms with Crippen LogP contribution in [0.4, 0.5) is 11.5 Å². The third-order valence-electron chi connectivity index (χ3n) is 2.02. The van der Waals surface area contributed by atoms with E-state index in [-0.39, 0.29) is 16.4 Å². The largest absolute Gasteiger partial charge is 0.397 e. The molecule has 0 spiro atoms. The number of aromatic amines is 1. The predicted octanol–water partition coefficient (Wildman–Crippen LogP) is 1.45. The van der Waals surface area contributed by atoms with E-state index >= 15 is 0 Å². The maximum Gasteiger partial charge on any atom is 0.263 e. The number of hydrogen-bond acceptors (Lipinski definition) is 4. The fourth-order valence-electron chi connectivity index (χ4n) is 1.21. The van der Waals surface area contributed by atoms with E-state index in [1.807, 2.05) is 0 Å². The number of halogens is 1. The van der Waals surface area contributed by atoms with E-state index in [0.29, 0.717) is 5.02 Å². The lowest BCUT2D eigenvalue weighted by Crippen LogP contribution is -2.13. The molecule has 2 rings (SSSR count). The van der Waals surface area contributed by atoms with E-state index in [4.69, 9.17) is 17.3 Å². The standard InChI is InChI=1S/C9H9ClN4O2S/c10-7-2-1-6(5-8(7)11)17(15,16)14-9-3-4-12-13-9/h1-5H,11H2,(H2,12,13,14). The molecule has 8 heteroatoms. The summed E-state index contributed by atoms with van der Waals surface area (Å²) in [5.74, 6) is 0.276. The molecule has 0 atom stereocenters. The van der Waals surface area contributed by atoms with Crippen molar-refractivity contribution in [1.82, 2.24) is 10.2 Å². The third-order valence-corrected chi connectivity index (χ3v) is 3.73. The van der Waals surface area contributed by atoms with E-state index in [9.17, 15) is 8.42 Å². The molecule has 1 aromatic carbocycles. The van der Waals surface area contributed by atoms with Crippen LogP contribution in [0.5, 0.6) is 0 Å². The summed E-state index contributed by atoms with van der Waals surface area (Å²) in [5.41, 5.74) is 5.75. The molecule has 0 aliphatic heterocycles. The van der Waals surface area contributed by atoms with Gasteiger partial charge in [-0.1, -0.05) is 11.6 Å². The van der Waals surface area contributed by atoms with E-state index in [2.05, 4.69) is 14.9 Å². The van der Waals surface area contributed by atoms with Gasteiger partial charge in [0, 0.05) is 6.07 Å². The first-order valence-electron chi connectivity index (χ1n) is 4.56. The molecule has 0 aliphatic carbocycles. The maximum absolute atomic E-state index is 11.9. The van der Waals surface area contributed by atoms with E-state index in [0.717, 1.165) is 0 Å². The molecular formula is C9H9ClN4O2S. The van der Waals surface area contributed by atoms with Crippen molar-refractivity contribution in [2.75, 3.05) is 10.5 Å². The minimum Gasteiger partial charge on any atom is -0.397 e. The molecule has 0 saturated heterocycles. The first-order chi connectivity index (χ1) is 7.99. The summed E-state index contributed by atoms with van der Waals surface area (Å²) in [5, 5.41) is 6.44. The smallest absolute Gasteiger partial charge is 0.263 e. The second-order valence-corrected chi connectivity index (χ2v) is 5.35. The molecule has 1 aromatic heterocycles. The number of H-pyrrole nitrogens is 1. The van der Waals surface area contributed by atoms with Crippen LogP contribution in [0, 0.1) is 0 Å². The van der Waals surface area contributed by atoms with Crippen LogP contribution in [0.2, 0.25) is 5.02 Å². The number of aromatic nitrogens is 2. The topological polar surface area (TPSA) is 101 Å². The van der Waals surface area contributed by atoms with Crippen molar-refractivity contribution in [3.8, 4) is 0 Å². The fraction of sp³-hybridized carbons (Fsp3) is 0. The highest BCUT2D eigenvalue weighted by atomic mass is 35.5. The number of rotatable bonds is 3. The quantitative estimate of drug-likeness (QED) is 0.736. The molecule has 6 nitrogen and oxygen atoms in total. The van der Waals surface area contributed by atoms with Gasteiger partial charge in [-0.3, -0.25) is 9.82 Å². The van der Waals surface area contributed by atoms with Crippen LogP contribution in [-0.4, -0.2) is 18.6 Å². The van der Waals surface area contributed by atoms with Crippen molar-refractivity contribution in [3.05, 3.63) is 35.5 Å². The van der Waals surface area contributed by atoms with Crippen LogP contribution in [0.3, 0.4) is 0 Å². The van der Waals surface area contributed by atoms with Crippen LogP contribution in [0.1, 0.15) is 0 Å². The van der Waals surface area contributed by atoms with Gasteiger partial charge in [0.2, 0.25) is 0 Å². The van der Waals surface area contributed by atoms with Crippen LogP contribution >= 0.6 is 11.6 Å². The Hall–Kier alpha value is -1.73. The third kappa shape index (κ3) is 2.51. The molecule has 0 fully saturated rings. The van der Waals surface area contributed by atoms with Gasteiger partial charge >= 0.3 is 0 Å². The Labute approximate surface area is 103 Å². The number of nitrogens with zero attached hydrogens (tertiary/aromatic N) is 1. The number of sulfonamides is 1. The van der Waals surface area contributed by atoms with Gasteiger partial charge in [-0.05, 0) is 18.2 Å². The Morgan fingerprint density at radius 3 is 2.71 bits per heavy atom. The number of anilines is 2. The molecule has 0 amide bonds. The lowest BCUT2D eigenvalue weighted by atomic mass is 10.3. The Balaban J connectivity index is 2.35. The normalized spacial score (nSPS) is 11.4. The summed E-state index contributed by atoms with van der Waals surface area (Å²) in [4.78, 5) is 0.0361. The molecule has 0 saturated carbocycles. The molecule has 0 bridgehead atoms. The minimum atomic E-state index is -3.68. The van der Waals surface area contributed by atoms with Gasteiger partial charge in [0.15, 0.2) is 0 Å². The number of nitrogens with one attached hydrogen (secondary N) is 2. The van der Waals surface area contributed by atoms with Crippen molar-refractivity contribution in [2.24, 2.45) is 0 Å². The summed E-state index contributed by atoms with van der Waals surface area (Å²) in [6, 6.07) is 5.59. The number of hydrogen-bond donors (Lipinski definition) is 3. The van der Waals surface area contributed by atoms with Gasteiger partial charge in [-0.25, -0.2) is 8.42 Å². The van der Waals surface area contributed by atoms with Gasteiger partial charge in [0.05, 0.1) is 21.8 Å². The number of nitrogens with two attached hydrogens (primary N) is 1. The van der Waals surface area contributed by atoms with Crippen LogP contribution in [-0.2, 0) is 10.0 Å². The summed E-state index contributed by atoms with van der Waals surface area (Å²) in [7, 11) is -3.68.